The number of nitrogen functional groups attached to an aromatic ring is 1. The normalized spacial score (nSPS) is 21.7. The summed E-state index contributed by atoms with van der Waals surface area (Å²) in [6, 6.07) is 5.72. The molecular formula is C13H16ClN5O. The van der Waals surface area contributed by atoms with Crippen LogP contribution in [0.15, 0.2) is 18.2 Å². The average molecular weight is 294 g/mol. The van der Waals surface area contributed by atoms with Crippen LogP contribution in [0.2, 0.25) is 5.02 Å². The van der Waals surface area contributed by atoms with Gasteiger partial charge in [-0.1, -0.05) is 11.6 Å². The van der Waals surface area contributed by atoms with E-state index in [1.54, 1.807) is 12.1 Å². The van der Waals surface area contributed by atoms with Crippen molar-refractivity contribution < 1.29 is 4.74 Å². The lowest BCUT2D eigenvalue weighted by Gasteiger charge is -2.34. The Bertz CT molecular complexity index is 609. The first kappa shape index (κ1) is 13.3. The minimum absolute atomic E-state index is 0.285. The van der Waals surface area contributed by atoms with Gasteiger partial charge in [-0.25, -0.2) is 4.68 Å². The zero-order valence-electron chi connectivity index (χ0n) is 11.2. The van der Waals surface area contributed by atoms with Crippen molar-refractivity contribution in [2.75, 3.05) is 12.3 Å². The fraction of sp³-hybridized carbons (Fsp3) is 0.462. The van der Waals surface area contributed by atoms with E-state index < -0.39 is 0 Å². The Morgan fingerprint density at radius 2 is 2.25 bits per heavy atom. The topological polar surface area (TPSA) is 78.8 Å². The first-order valence-corrected chi connectivity index (χ1v) is 7.01. The zero-order chi connectivity index (χ0) is 14.1. The van der Waals surface area contributed by atoms with Crippen LogP contribution in [0.5, 0.6) is 0 Å². The average Bonchev–Trinajstić information content (AvgIpc) is 2.85. The van der Waals surface area contributed by atoms with Gasteiger partial charge in [0.25, 0.3) is 0 Å². The molecule has 106 valence electrons. The lowest BCUT2D eigenvalue weighted by molar-refractivity contribution is -0.0227. The number of nitrogens with zero attached hydrogens (tertiary/aromatic N) is 4. The van der Waals surface area contributed by atoms with Gasteiger partial charge < -0.3 is 10.5 Å². The van der Waals surface area contributed by atoms with Gasteiger partial charge in [0.05, 0.1) is 22.9 Å². The Morgan fingerprint density at radius 3 is 2.95 bits per heavy atom. The number of anilines is 1. The molecule has 1 fully saturated rings. The van der Waals surface area contributed by atoms with Crippen molar-refractivity contribution >= 4 is 17.3 Å². The summed E-state index contributed by atoms with van der Waals surface area (Å²) in [5, 5.41) is 12.5. The Morgan fingerprint density at radius 1 is 1.45 bits per heavy atom. The molecule has 0 atom stereocenters. The number of tetrazole rings is 1. The largest absolute Gasteiger partial charge is 0.398 e. The summed E-state index contributed by atoms with van der Waals surface area (Å²) in [6.45, 7) is 2.75. The van der Waals surface area contributed by atoms with E-state index in [2.05, 4.69) is 15.5 Å². The fourth-order valence-electron chi connectivity index (χ4n) is 2.41. The molecule has 1 aliphatic carbocycles. The third kappa shape index (κ3) is 2.36. The van der Waals surface area contributed by atoms with Crippen molar-refractivity contribution in [1.82, 2.24) is 20.2 Å². The number of hydrogen-bond acceptors (Lipinski definition) is 5. The van der Waals surface area contributed by atoms with Crippen molar-refractivity contribution in [3.8, 4) is 11.4 Å². The molecule has 0 aliphatic heterocycles. The Kier molecular flexibility index (Phi) is 3.58. The highest BCUT2D eigenvalue weighted by Crippen LogP contribution is 2.36. The first-order valence-electron chi connectivity index (χ1n) is 6.64. The SMILES string of the molecule is CCOC1CC(n2nnnc2-c2ccc(N)c(Cl)c2)C1. The molecule has 0 bridgehead atoms. The highest BCUT2D eigenvalue weighted by atomic mass is 35.5. The van der Waals surface area contributed by atoms with Crippen molar-refractivity contribution in [2.45, 2.75) is 31.9 Å². The van der Waals surface area contributed by atoms with Crippen LogP contribution in [-0.4, -0.2) is 32.9 Å². The summed E-state index contributed by atoms with van der Waals surface area (Å²) in [4.78, 5) is 0. The Hall–Kier alpha value is -1.66. The Balaban J connectivity index is 1.82. The highest BCUT2D eigenvalue weighted by molar-refractivity contribution is 6.33. The summed E-state index contributed by atoms with van der Waals surface area (Å²) >= 11 is 6.05. The van der Waals surface area contributed by atoms with E-state index in [1.165, 1.54) is 0 Å². The molecule has 0 spiro atoms. The van der Waals surface area contributed by atoms with E-state index in [1.807, 2.05) is 17.7 Å². The second kappa shape index (κ2) is 5.38. The van der Waals surface area contributed by atoms with Crippen LogP contribution < -0.4 is 5.73 Å². The summed E-state index contributed by atoms with van der Waals surface area (Å²) in [5.74, 6) is 0.715. The smallest absolute Gasteiger partial charge is 0.182 e. The number of ether oxygens (including phenoxy) is 1. The monoisotopic (exact) mass is 293 g/mol. The molecule has 2 N–H and O–H groups in total. The number of rotatable bonds is 4. The van der Waals surface area contributed by atoms with Gasteiger partial charge in [0.1, 0.15) is 0 Å². The van der Waals surface area contributed by atoms with Crippen LogP contribution in [0, 0.1) is 0 Å². The maximum atomic E-state index is 6.05. The molecule has 3 rings (SSSR count). The second-order valence-corrected chi connectivity index (χ2v) is 5.29. The van der Waals surface area contributed by atoms with Crippen molar-refractivity contribution in [3.63, 3.8) is 0 Å². The molecular weight excluding hydrogens is 278 g/mol. The van der Waals surface area contributed by atoms with Crippen LogP contribution in [0.3, 0.4) is 0 Å². The Labute approximate surface area is 121 Å². The lowest BCUT2D eigenvalue weighted by atomic mass is 9.89. The number of benzene rings is 1. The van der Waals surface area contributed by atoms with Crippen molar-refractivity contribution in [3.05, 3.63) is 23.2 Å². The molecule has 20 heavy (non-hydrogen) atoms. The number of halogens is 1. The van der Waals surface area contributed by atoms with E-state index in [9.17, 15) is 0 Å². The predicted octanol–water partition coefficient (Wildman–Crippen LogP) is 2.32. The third-order valence-electron chi connectivity index (χ3n) is 3.57. The predicted molar refractivity (Wildman–Crippen MR) is 76.4 cm³/mol. The van der Waals surface area contributed by atoms with E-state index in [4.69, 9.17) is 22.1 Å². The highest BCUT2D eigenvalue weighted by Gasteiger charge is 2.33. The fourth-order valence-corrected chi connectivity index (χ4v) is 2.59. The first-order chi connectivity index (χ1) is 9.69. The minimum Gasteiger partial charge on any atom is -0.398 e. The van der Waals surface area contributed by atoms with Crippen LogP contribution in [0.4, 0.5) is 5.69 Å². The summed E-state index contributed by atoms with van der Waals surface area (Å²) in [5.41, 5.74) is 7.14. The molecule has 2 aromatic rings. The van der Waals surface area contributed by atoms with E-state index in [-0.39, 0.29) is 6.04 Å². The van der Waals surface area contributed by atoms with E-state index >= 15 is 0 Å². The van der Waals surface area contributed by atoms with Gasteiger partial charge in [0.2, 0.25) is 0 Å². The van der Waals surface area contributed by atoms with Crippen molar-refractivity contribution in [2.24, 2.45) is 0 Å². The van der Waals surface area contributed by atoms with Gasteiger partial charge in [-0.15, -0.1) is 5.10 Å². The maximum absolute atomic E-state index is 6.05. The molecule has 1 aromatic carbocycles. The summed E-state index contributed by atoms with van der Waals surface area (Å²) in [7, 11) is 0. The molecule has 1 saturated carbocycles. The van der Waals surface area contributed by atoms with Gasteiger partial charge >= 0.3 is 0 Å². The molecule has 7 heteroatoms. The molecule has 1 aliphatic rings. The van der Waals surface area contributed by atoms with Gasteiger partial charge in [-0.05, 0) is 48.4 Å². The van der Waals surface area contributed by atoms with E-state index in [0.29, 0.717) is 22.6 Å². The second-order valence-electron chi connectivity index (χ2n) is 4.89. The third-order valence-corrected chi connectivity index (χ3v) is 3.90. The van der Waals surface area contributed by atoms with E-state index in [0.717, 1.165) is 25.0 Å². The van der Waals surface area contributed by atoms with Gasteiger partial charge in [0.15, 0.2) is 5.82 Å². The molecule has 6 nitrogen and oxygen atoms in total. The van der Waals surface area contributed by atoms with Crippen LogP contribution in [0.25, 0.3) is 11.4 Å². The summed E-state index contributed by atoms with van der Waals surface area (Å²) in [6.07, 6.45) is 2.19. The number of hydrogen-bond donors (Lipinski definition) is 1. The molecule has 0 radical (unpaired) electrons. The maximum Gasteiger partial charge on any atom is 0.182 e. The standard InChI is InChI=1S/C13H16ClN5O/c1-2-20-10-6-9(7-10)19-13(16-17-18-19)8-3-4-12(15)11(14)5-8/h3-5,9-10H,2,6-7,15H2,1H3. The van der Waals surface area contributed by atoms with Gasteiger partial charge in [-0.2, -0.15) is 0 Å². The number of aromatic nitrogens is 4. The lowest BCUT2D eigenvalue weighted by Crippen LogP contribution is -2.34. The minimum atomic E-state index is 0.285. The van der Waals surface area contributed by atoms with Crippen LogP contribution in [-0.2, 0) is 4.74 Å². The van der Waals surface area contributed by atoms with Gasteiger partial charge in [0, 0.05) is 12.2 Å². The van der Waals surface area contributed by atoms with Crippen LogP contribution in [0.1, 0.15) is 25.8 Å². The molecule has 1 aromatic heterocycles. The zero-order valence-corrected chi connectivity index (χ0v) is 11.9. The molecule has 0 unspecified atom stereocenters. The quantitative estimate of drug-likeness (QED) is 0.875. The number of nitrogens with two attached hydrogens (primary N) is 1. The van der Waals surface area contributed by atoms with Crippen LogP contribution >= 0.6 is 11.6 Å². The molecule has 0 amide bonds. The van der Waals surface area contributed by atoms with Crippen molar-refractivity contribution in [1.29, 1.82) is 0 Å². The van der Waals surface area contributed by atoms with Gasteiger partial charge in [-0.3, -0.25) is 0 Å². The summed E-state index contributed by atoms with van der Waals surface area (Å²) < 4.78 is 7.41. The molecule has 1 heterocycles. The molecule has 0 saturated heterocycles.